The molecule has 0 aromatic heterocycles. The highest BCUT2D eigenvalue weighted by molar-refractivity contribution is 5.75. The largest absolute Gasteiger partial charge is 0.481 e. The molecule has 6 heteroatoms. The fourth-order valence-electron chi connectivity index (χ4n) is 0.637. The average Bonchev–Trinajstić information content (AvgIpc) is 1.98. The fraction of sp³-hybridized carbons (Fsp3) is 0.667. The lowest BCUT2D eigenvalue weighted by Crippen LogP contribution is -2.35. The molecule has 0 aliphatic rings. The summed E-state index contributed by atoms with van der Waals surface area (Å²) in [6, 6.07) is -1.32. The molecular formula is C6H10FNO4. The van der Waals surface area contributed by atoms with Crippen molar-refractivity contribution in [2.75, 3.05) is 6.67 Å². The lowest BCUT2D eigenvalue weighted by Gasteiger charge is -2.10. The number of hydrogen-bond donors (Lipinski definition) is 3. The van der Waals surface area contributed by atoms with Gasteiger partial charge in [-0.15, -0.1) is 0 Å². The number of carboxylic acid groups (broad SMARTS) is 2. The van der Waals surface area contributed by atoms with Crippen LogP contribution in [-0.2, 0) is 9.59 Å². The number of nitrogens with two attached hydrogens (primary N) is 1. The molecular weight excluding hydrogens is 168 g/mol. The van der Waals surface area contributed by atoms with Crippen LogP contribution in [0.5, 0.6) is 0 Å². The van der Waals surface area contributed by atoms with Crippen molar-refractivity contribution in [3.8, 4) is 0 Å². The molecule has 0 saturated heterocycles. The number of rotatable bonds is 5. The van der Waals surface area contributed by atoms with Gasteiger partial charge in [0.1, 0.15) is 12.7 Å². The summed E-state index contributed by atoms with van der Waals surface area (Å²) in [5.74, 6) is -4.01. The highest BCUT2D eigenvalue weighted by atomic mass is 18.2. The van der Waals surface area contributed by atoms with Gasteiger partial charge in [0, 0.05) is 0 Å². The third kappa shape index (κ3) is 3.29. The molecule has 2 atom stereocenters. The molecule has 0 radical (unpaired) electrons. The summed E-state index contributed by atoms with van der Waals surface area (Å²) >= 11 is 0. The summed E-state index contributed by atoms with van der Waals surface area (Å²) in [6.07, 6.45) is -0.388. The van der Waals surface area contributed by atoms with E-state index in [0.717, 1.165) is 0 Å². The first-order valence-corrected chi connectivity index (χ1v) is 3.26. The Morgan fingerprint density at radius 2 is 1.83 bits per heavy atom. The van der Waals surface area contributed by atoms with E-state index in [-0.39, 0.29) is 6.42 Å². The molecule has 12 heavy (non-hydrogen) atoms. The monoisotopic (exact) mass is 178 g/mol. The first-order valence-electron chi connectivity index (χ1n) is 3.26. The van der Waals surface area contributed by atoms with Crippen molar-refractivity contribution in [3.05, 3.63) is 0 Å². The number of carbonyl (C=O) groups is 2. The van der Waals surface area contributed by atoms with Crippen LogP contribution in [0.15, 0.2) is 0 Å². The summed E-state index contributed by atoms with van der Waals surface area (Å²) in [6.45, 7) is -1.10. The van der Waals surface area contributed by atoms with Crippen LogP contribution in [0, 0.1) is 5.92 Å². The molecule has 4 N–H and O–H groups in total. The zero-order valence-corrected chi connectivity index (χ0v) is 6.24. The van der Waals surface area contributed by atoms with Crippen LogP contribution in [0.1, 0.15) is 6.42 Å². The molecule has 0 aromatic rings. The Morgan fingerprint density at radius 3 is 2.08 bits per heavy atom. The first kappa shape index (κ1) is 10.8. The molecule has 0 amide bonds. The second-order valence-electron chi connectivity index (χ2n) is 2.37. The zero-order chi connectivity index (χ0) is 9.72. The van der Waals surface area contributed by atoms with E-state index in [2.05, 4.69) is 0 Å². The predicted octanol–water partition coefficient (Wildman–Crippen LogP) is -0.541. The van der Waals surface area contributed by atoms with Gasteiger partial charge in [0.05, 0.1) is 5.92 Å². The molecule has 0 fully saturated rings. The lowest BCUT2D eigenvalue weighted by atomic mass is 10.0. The second kappa shape index (κ2) is 4.66. The fourth-order valence-corrected chi connectivity index (χ4v) is 0.637. The van der Waals surface area contributed by atoms with E-state index in [9.17, 15) is 14.0 Å². The van der Waals surface area contributed by atoms with Crippen molar-refractivity contribution >= 4 is 11.9 Å². The molecule has 2 unspecified atom stereocenters. The zero-order valence-electron chi connectivity index (χ0n) is 6.24. The molecule has 0 aliphatic carbocycles. The van der Waals surface area contributed by atoms with Gasteiger partial charge in [-0.3, -0.25) is 14.0 Å². The molecule has 0 saturated carbocycles. The molecule has 0 rings (SSSR count). The van der Waals surface area contributed by atoms with Gasteiger partial charge >= 0.3 is 11.9 Å². The van der Waals surface area contributed by atoms with Gasteiger partial charge < -0.3 is 15.9 Å². The van der Waals surface area contributed by atoms with E-state index >= 15 is 0 Å². The minimum absolute atomic E-state index is 0.388. The Balaban J connectivity index is 4.02. The van der Waals surface area contributed by atoms with Crippen molar-refractivity contribution < 1.29 is 24.2 Å². The number of aliphatic carboxylic acids is 2. The van der Waals surface area contributed by atoms with E-state index in [1.54, 1.807) is 0 Å². The Morgan fingerprint density at radius 1 is 1.33 bits per heavy atom. The molecule has 0 aliphatic heterocycles. The van der Waals surface area contributed by atoms with Crippen molar-refractivity contribution in [2.45, 2.75) is 12.5 Å². The van der Waals surface area contributed by atoms with Gasteiger partial charge in [-0.25, -0.2) is 0 Å². The highest BCUT2D eigenvalue weighted by Crippen LogP contribution is 2.06. The smallest absolute Gasteiger partial charge is 0.320 e. The van der Waals surface area contributed by atoms with Gasteiger partial charge in [0.15, 0.2) is 0 Å². The normalized spacial score (nSPS) is 15.2. The quantitative estimate of drug-likeness (QED) is 0.524. The van der Waals surface area contributed by atoms with E-state index in [4.69, 9.17) is 15.9 Å². The van der Waals surface area contributed by atoms with Gasteiger partial charge in [-0.1, -0.05) is 0 Å². The molecule has 0 spiro atoms. The summed E-state index contributed by atoms with van der Waals surface area (Å²) in [4.78, 5) is 20.3. The standard InChI is InChI=1S/C6H10FNO4/c7-2-3(5(9)10)1-4(8)6(11)12/h3-4H,1-2,8H2,(H,9,10)(H,11,12)/i7-1. The highest BCUT2D eigenvalue weighted by Gasteiger charge is 2.23. The first-order chi connectivity index (χ1) is 5.49. The van der Waals surface area contributed by atoms with E-state index in [1.165, 1.54) is 0 Å². The lowest BCUT2D eigenvalue weighted by molar-refractivity contribution is -0.144. The maximum atomic E-state index is 11.9. The Bertz CT molecular complexity index is 184. The number of alkyl halides is 1. The van der Waals surface area contributed by atoms with Gasteiger partial charge in [0.25, 0.3) is 0 Å². The number of hydrogen-bond acceptors (Lipinski definition) is 3. The SMILES string of the molecule is NC(CC(C[18F])C(=O)O)C(=O)O. The van der Waals surface area contributed by atoms with E-state index in [1.807, 2.05) is 0 Å². The molecule has 0 bridgehead atoms. The van der Waals surface area contributed by atoms with Crippen molar-refractivity contribution in [2.24, 2.45) is 11.7 Å². The number of halogens is 1. The Kier molecular flexibility index (Phi) is 4.20. The maximum absolute atomic E-state index is 11.9. The maximum Gasteiger partial charge on any atom is 0.320 e. The van der Waals surface area contributed by atoms with Crippen molar-refractivity contribution in [1.82, 2.24) is 0 Å². The summed E-state index contributed by atoms with van der Waals surface area (Å²) < 4.78 is 11.9. The van der Waals surface area contributed by atoms with Crippen LogP contribution in [0.3, 0.4) is 0 Å². The summed E-state index contributed by atoms with van der Waals surface area (Å²) in [5.41, 5.74) is 5.00. The van der Waals surface area contributed by atoms with Crippen molar-refractivity contribution in [1.29, 1.82) is 0 Å². The third-order valence-corrected chi connectivity index (χ3v) is 1.39. The topological polar surface area (TPSA) is 101 Å². The van der Waals surface area contributed by atoms with Crippen LogP contribution in [-0.4, -0.2) is 34.9 Å². The predicted molar refractivity (Wildman–Crippen MR) is 37.3 cm³/mol. The molecule has 70 valence electrons. The third-order valence-electron chi connectivity index (χ3n) is 1.39. The van der Waals surface area contributed by atoms with Gasteiger partial charge in [0.2, 0.25) is 0 Å². The van der Waals surface area contributed by atoms with E-state index < -0.39 is 30.6 Å². The second-order valence-corrected chi connectivity index (χ2v) is 2.37. The molecule has 5 nitrogen and oxygen atoms in total. The summed E-state index contributed by atoms with van der Waals surface area (Å²) in [7, 11) is 0. The Labute approximate surface area is 68.0 Å². The van der Waals surface area contributed by atoms with Gasteiger partial charge in [-0.2, -0.15) is 0 Å². The minimum Gasteiger partial charge on any atom is -0.481 e. The number of carboxylic acids is 2. The van der Waals surface area contributed by atoms with Crippen LogP contribution >= 0.6 is 0 Å². The van der Waals surface area contributed by atoms with Crippen LogP contribution in [0.4, 0.5) is 4.39 Å². The average molecular weight is 178 g/mol. The minimum atomic E-state index is -1.37. The van der Waals surface area contributed by atoms with Crippen LogP contribution < -0.4 is 5.73 Å². The summed E-state index contributed by atoms with van der Waals surface area (Å²) in [5, 5.41) is 16.6. The van der Waals surface area contributed by atoms with E-state index in [0.29, 0.717) is 0 Å². The van der Waals surface area contributed by atoms with Gasteiger partial charge in [-0.05, 0) is 6.42 Å². The molecule has 0 heterocycles. The Hall–Kier alpha value is -1.17. The van der Waals surface area contributed by atoms with Crippen LogP contribution in [0.25, 0.3) is 0 Å². The van der Waals surface area contributed by atoms with Crippen molar-refractivity contribution in [3.63, 3.8) is 0 Å². The van der Waals surface area contributed by atoms with Crippen LogP contribution in [0.2, 0.25) is 0 Å². The molecule has 0 aromatic carbocycles.